The number of halogens is 2. The molecule has 0 amide bonds. The zero-order valence-corrected chi connectivity index (χ0v) is 11.2. The van der Waals surface area contributed by atoms with Crippen LogP contribution >= 0.6 is 11.6 Å². The Bertz CT molecular complexity index is 930. The molecule has 0 radical (unpaired) electrons. The highest BCUT2D eigenvalue weighted by Crippen LogP contribution is 2.23. The lowest BCUT2D eigenvalue weighted by Gasteiger charge is -2.06. The van der Waals surface area contributed by atoms with E-state index < -0.39 is 17.5 Å². The van der Waals surface area contributed by atoms with E-state index in [4.69, 9.17) is 16.7 Å². The predicted molar refractivity (Wildman–Crippen MR) is 75.8 cm³/mol. The summed E-state index contributed by atoms with van der Waals surface area (Å²) in [6, 6.07) is 8.38. The number of rotatable bonds is 2. The summed E-state index contributed by atoms with van der Waals surface area (Å²) in [6.07, 6.45) is 0. The van der Waals surface area contributed by atoms with E-state index in [-0.39, 0.29) is 21.8 Å². The van der Waals surface area contributed by atoms with Crippen LogP contribution in [0.5, 0.6) is 0 Å². The molecular weight excluding hydrogens is 299 g/mol. The Hall–Kier alpha value is -2.60. The molecule has 0 saturated heterocycles. The van der Waals surface area contributed by atoms with Crippen LogP contribution in [0.25, 0.3) is 16.7 Å². The fraction of sp³-hybridized carbons (Fsp3) is 0. The number of carboxylic acid groups (broad SMARTS) is 1. The van der Waals surface area contributed by atoms with Gasteiger partial charge in [0.1, 0.15) is 0 Å². The molecule has 0 unspecified atom stereocenters. The molecule has 3 rings (SSSR count). The second-order valence-corrected chi connectivity index (χ2v) is 4.78. The van der Waals surface area contributed by atoms with Crippen molar-refractivity contribution < 1.29 is 14.3 Å². The number of aromatic amines is 1. The maximum atomic E-state index is 14.1. The summed E-state index contributed by atoms with van der Waals surface area (Å²) in [5, 5.41) is 8.90. The van der Waals surface area contributed by atoms with Gasteiger partial charge >= 0.3 is 11.7 Å². The monoisotopic (exact) mass is 306 g/mol. The topological polar surface area (TPSA) is 75.1 Å². The number of aromatic nitrogens is 2. The van der Waals surface area contributed by atoms with Crippen LogP contribution < -0.4 is 5.69 Å². The van der Waals surface area contributed by atoms with Crippen LogP contribution in [-0.4, -0.2) is 20.6 Å². The molecular formula is C14H8ClFN2O3. The normalized spacial score (nSPS) is 11.0. The largest absolute Gasteiger partial charge is 0.478 e. The van der Waals surface area contributed by atoms with Gasteiger partial charge in [0.25, 0.3) is 0 Å². The molecule has 0 fully saturated rings. The molecule has 3 aromatic rings. The quantitative estimate of drug-likeness (QED) is 0.764. The summed E-state index contributed by atoms with van der Waals surface area (Å²) in [6.45, 7) is 0. The van der Waals surface area contributed by atoms with Crippen LogP contribution in [0.15, 0.2) is 41.2 Å². The van der Waals surface area contributed by atoms with E-state index in [1.807, 2.05) is 0 Å². The van der Waals surface area contributed by atoms with Crippen molar-refractivity contribution in [3.63, 3.8) is 0 Å². The van der Waals surface area contributed by atoms with Gasteiger partial charge in [0.2, 0.25) is 0 Å². The third kappa shape index (κ3) is 2.09. The van der Waals surface area contributed by atoms with Crippen molar-refractivity contribution in [2.75, 3.05) is 0 Å². The number of H-pyrrole nitrogens is 1. The van der Waals surface area contributed by atoms with Gasteiger partial charge in [-0.3, -0.25) is 4.57 Å². The molecule has 2 N–H and O–H groups in total. The second-order valence-electron chi connectivity index (χ2n) is 4.38. The molecule has 21 heavy (non-hydrogen) atoms. The lowest BCUT2D eigenvalue weighted by Crippen LogP contribution is -2.16. The fourth-order valence-corrected chi connectivity index (χ4v) is 2.31. The molecule has 5 nitrogen and oxygen atoms in total. The lowest BCUT2D eigenvalue weighted by atomic mass is 10.2. The van der Waals surface area contributed by atoms with Gasteiger partial charge in [-0.25, -0.2) is 14.0 Å². The molecule has 0 spiro atoms. The molecule has 0 aliphatic heterocycles. The number of carbonyl (C=O) groups is 1. The molecule has 0 aliphatic rings. The van der Waals surface area contributed by atoms with Crippen molar-refractivity contribution >= 4 is 28.6 Å². The van der Waals surface area contributed by atoms with E-state index in [9.17, 15) is 14.0 Å². The summed E-state index contributed by atoms with van der Waals surface area (Å²) in [7, 11) is 0. The number of nitrogens with one attached hydrogen (secondary N) is 1. The summed E-state index contributed by atoms with van der Waals surface area (Å²) in [5.74, 6) is -1.88. The van der Waals surface area contributed by atoms with Crippen LogP contribution in [0.3, 0.4) is 0 Å². The maximum absolute atomic E-state index is 14.1. The molecule has 106 valence electrons. The van der Waals surface area contributed by atoms with Crippen LogP contribution in [0, 0.1) is 5.82 Å². The Kier molecular flexibility index (Phi) is 3.03. The number of hydrogen-bond acceptors (Lipinski definition) is 2. The average molecular weight is 307 g/mol. The number of fused-ring (bicyclic) bond motifs is 1. The smallest absolute Gasteiger partial charge is 0.335 e. The van der Waals surface area contributed by atoms with E-state index in [0.717, 1.165) is 4.57 Å². The Balaban J connectivity index is 2.39. The number of benzene rings is 2. The number of nitrogens with zero attached hydrogens (tertiary/aromatic N) is 1. The van der Waals surface area contributed by atoms with Crippen LogP contribution in [0.4, 0.5) is 4.39 Å². The molecule has 0 bridgehead atoms. The highest BCUT2D eigenvalue weighted by Gasteiger charge is 2.15. The van der Waals surface area contributed by atoms with E-state index in [1.54, 1.807) is 0 Å². The van der Waals surface area contributed by atoms with Gasteiger partial charge < -0.3 is 10.1 Å². The van der Waals surface area contributed by atoms with Crippen molar-refractivity contribution in [2.24, 2.45) is 0 Å². The van der Waals surface area contributed by atoms with Gasteiger partial charge in [0.15, 0.2) is 5.82 Å². The number of carboxylic acids is 1. The van der Waals surface area contributed by atoms with Crippen LogP contribution in [0.1, 0.15) is 10.4 Å². The minimum absolute atomic E-state index is 0.00214. The number of imidazole rings is 1. The molecule has 0 aliphatic carbocycles. The molecule has 1 heterocycles. The molecule has 2 aromatic carbocycles. The van der Waals surface area contributed by atoms with Gasteiger partial charge in [-0.05, 0) is 30.3 Å². The standard InChI is InChI=1S/C14H8ClFN2O3/c15-8-2-1-3-10(12(8)16)18-11-6-7(13(19)20)4-5-9(11)17-14(18)21/h1-6H,(H,17,21)(H,19,20). The summed E-state index contributed by atoms with van der Waals surface area (Å²) in [4.78, 5) is 25.6. The zero-order chi connectivity index (χ0) is 15.1. The van der Waals surface area contributed by atoms with Gasteiger partial charge in [-0.15, -0.1) is 0 Å². The zero-order valence-electron chi connectivity index (χ0n) is 10.4. The second kappa shape index (κ2) is 4.75. The van der Waals surface area contributed by atoms with Gasteiger partial charge in [-0.1, -0.05) is 17.7 Å². The third-order valence-corrected chi connectivity index (χ3v) is 3.39. The number of hydrogen-bond donors (Lipinski definition) is 2. The minimum Gasteiger partial charge on any atom is -0.478 e. The first-order valence-electron chi connectivity index (χ1n) is 5.91. The molecule has 1 aromatic heterocycles. The van der Waals surface area contributed by atoms with Crippen molar-refractivity contribution in [1.29, 1.82) is 0 Å². The fourth-order valence-electron chi connectivity index (χ4n) is 2.14. The Labute approximate surface area is 122 Å². The Morgan fingerprint density at radius 1 is 1.29 bits per heavy atom. The first-order valence-corrected chi connectivity index (χ1v) is 6.29. The minimum atomic E-state index is -1.14. The van der Waals surface area contributed by atoms with E-state index in [2.05, 4.69) is 4.98 Å². The Morgan fingerprint density at radius 2 is 2.05 bits per heavy atom. The maximum Gasteiger partial charge on any atom is 0.335 e. The van der Waals surface area contributed by atoms with E-state index in [1.165, 1.54) is 36.4 Å². The molecule has 0 atom stereocenters. The summed E-state index contributed by atoms with van der Waals surface area (Å²) in [5.41, 5.74) is 0.0538. The summed E-state index contributed by atoms with van der Waals surface area (Å²) < 4.78 is 15.2. The van der Waals surface area contributed by atoms with Gasteiger partial charge in [0.05, 0.1) is 27.3 Å². The first kappa shape index (κ1) is 13.4. The highest BCUT2D eigenvalue weighted by atomic mass is 35.5. The SMILES string of the molecule is O=C(O)c1ccc2[nH]c(=O)n(-c3cccc(Cl)c3F)c2c1. The van der Waals surface area contributed by atoms with E-state index in [0.29, 0.717) is 5.52 Å². The highest BCUT2D eigenvalue weighted by molar-refractivity contribution is 6.30. The van der Waals surface area contributed by atoms with Crippen LogP contribution in [-0.2, 0) is 0 Å². The van der Waals surface area contributed by atoms with E-state index >= 15 is 0 Å². The Morgan fingerprint density at radius 3 is 2.76 bits per heavy atom. The average Bonchev–Trinajstić information content (AvgIpc) is 2.77. The summed E-state index contributed by atoms with van der Waals surface area (Å²) >= 11 is 5.72. The van der Waals surface area contributed by atoms with Crippen molar-refractivity contribution in [2.45, 2.75) is 0 Å². The molecule has 7 heteroatoms. The van der Waals surface area contributed by atoms with Crippen molar-refractivity contribution in [3.05, 3.63) is 63.3 Å². The van der Waals surface area contributed by atoms with Crippen molar-refractivity contribution in [1.82, 2.24) is 9.55 Å². The molecule has 0 saturated carbocycles. The van der Waals surface area contributed by atoms with Gasteiger partial charge in [0, 0.05) is 0 Å². The predicted octanol–water partition coefficient (Wildman–Crippen LogP) is 2.81. The lowest BCUT2D eigenvalue weighted by molar-refractivity contribution is 0.0697. The van der Waals surface area contributed by atoms with Gasteiger partial charge in [-0.2, -0.15) is 0 Å². The van der Waals surface area contributed by atoms with Crippen molar-refractivity contribution in [3.8, 4) is 5.69 Å². The van der Waals surface area contributed by atoms with Crippen LogP contribution in [0.2, 0.25) is 5.02 Å². The number of aromatic carboxylic acids is 1. The third-order valence-electron chi connectivity index (χ3n) is 3.10. The first-order chi connectivity index (χ1) is 9.99.